The van der Waals surface area contributed by atoms with Crippen molar-refractivity contribution in [1.82, 2.24) is 40.4 Å². The molecule has 9 rings (SSSR count). The Morgan fingerprint density at radius 3 is 2.16 bits per heavy atom. The number of H-pyrrole nitrogens is 1. The summed E-state index contributed by atoms with van der Waals surface area (Å²) in [4.78, 5) is 46.1. The molecule has 3 fully saturated rings. The van der Waals surface area contributed by atoms with Crippen LogP contribution < -0.4 is 27.4 Å². The third-order valence-corrected chi connectivity index (χ3v) is 9.86. The summed E-state index contributed by atoms with van der Waals surface area (Å²) in [6.07, 6.45) is 11.7. The number of pyridine rings is 5. The first-order valence-corrected chi connectivity index (χ1v) is 16.5. The van der Waals surface area contributed by atoms with Crippen LogP contribution in [-0.2, 0) is 9.59 Å². The van der Waals surface area contributed by atoms with E-state index in [0.29, 0.717) is 40.8 Å². The van der Waals surface area contributed by atoms with Crippen LogP contribution >= 0.6 is 0 Å². The first kappa shape index (κ1) is 31.7. The molecule has 7 heterocycles. The van der Waals surface area contributed by atoms with Crippen LogP contribution in [0.15, 0.2) is 67.5 Å². The number of aromatic nitrogens is 7. The van der Waals surface area contributed by atoms with Crippen molar-refractivity contribution in [1.29, 1.82) is 5.26 Å². The molecule has 0 radical (unpaired) electrons. The first-order chi connectivity index (χ1) is 24.7. The minimum atomic E-state index is -0.239. The lowest BCUT2D eigenvalue weighted by atomic mass is 9.96. The number of hydrogen-bond acceptors (Lipinski definition) is 12. The zero-order valence-corrected chi connectivity index (χ0v) is 27.5. The van der Waals surface area contributed by atoms with E-state index >= 15 is 0 Å². The quantitative estimate of drug-likeness (QED) is 0.147. The van der Waals surface area contributed by atoms with Gasteiger partial charge in [0.15, 0.2) is 0 Å². The zero-order valence-electron chi connectivity index (χ0n) is 27.5. The maximum Gasteiger partial charge on any atom is 0.230 e. The first-order valence-electron chi connectivity index (χ1n) is 16.5. The summed E-state index contributed by atoms with van der Waals surface area (Å²) in [5.74, 6) is 1.29. The predicted octanol–water partition coefficient (Wildman–Crippen LogP) is 3.83. The molecule has 15 heteroatoms. The Bertz CT molecular complexity index is 2380. The number of amides is 2. The number of fused-ring (bicyclic) bond motifs is 2. The fraction of sp³-hybridized carbons (Fsp3) is 0.250. The zero-order chi connectivity index (χ0) is 35.3. The van der Waals surface area contributed by atoms with Crippen molar-refractivity contribution in [2.75, 3.05) is 35.2 Å². The van der Waals surface area contributed by atoms with E-state index in [4.69, 9.17) is 16.7 Å². The molecule has 6 aromatic heterocycles. The van der Waals surface area contributed by atoms with Gasteiger partial charge in [-0.3, -0.25) is 19.7 Å². The molecule has 2 saturated carbocycles. The van der Waals surface area contributed by atoms with Crippen LogP contribution in [0.4, 0.5) is 23.3 Å². The third kappa shape index (κ3) is 6.13. The topological polar surface area (TPSA) is 239 Å². The number of hydrogen-bond donors (Lipinski definition) is 6. The Kier molecular flexibility index (Phi) is 7.72. The second-order valence-electron chi connectivity index (χ2n) is 13.3. The molecule has 2 aliphatic carbocycles. The maximum atomic E-state index is 12.5. The van der Waals surface area contributed by atoms with Crippen molar-refractivity contribution in [3.05, 3.63) is 73.1 Å². The molecule has 1 unspecified atom stereocenters. The summed E-state index contributed by atoms with van der Waals surface area (Å²) in [6.45, 7) is 3.89. The van der Waals surface area contributed by atoms with Gasteiger partial charge in [-0.1, -0.05) is 0 Å². The van der Waals surface area contributed by atoms with Gasteiger partial charge < -0.3 is 27.4 Å². The number of rotatable bonds is 6. The summed E-state index contributed by atoms with van der Waals surface area (Å²) < 4.78 is 0. The van der Waals surface area contributed by atoms with Gasteiger partial charge in [-0.15, -0.1) is 0 Å². The summed E-state index contributed by atoms with van der Waals surface area (Å²) in [5, 5.41) is 27.6. The minimum absolute atomic E-state index is 0.0497. The molecule has 3 atom stereocenters. The Balaban J connectivity index is 0.000000148. The summed E-state index contributed by atoms with van der Waals surface area (Å²) >= 11 is 0. The van der Waals surface area contributed by atoms with Gasteiger partial charge in [0, 0.05) is 77.3 Å². The molecule has 51 heavy (non-hydrogen) atoms. The molecule has 6 aromatic rings. The van der Waals surface area contributed by atoms with Crippen LogP contribution in [0, 0.1) is 41.4 Å². The van der Waals surface area contributed by atoms with Crippen LogP contribution in [0.3, 0.4) is 0 Å². The molecule has 8 N–H and O–H groups in total. The number of aryl methyl sites for hydroxylation is 1. The summed E-state index contributed by atoms with van der Waals surface area (Å²) in [5.41, 5.74) is 16.6. The molecule has 3 aliphatic rings. The normalized spacial score (nSPS) is 19.3. The van der Waals surface area contributed by atoms with E-state index in [0.717, 1.165) is 58.1 Å². The highest BCUT2D eigenvalue weighted by atomic mass is 16.2. The van der Waals surface area contributed by atoms with Gasteiger partial charge in [0.05, 0.1) is 35.5 Å². The summed E-state index contributed by atoms with van der Waals surface area (Å²) in [6, 6.07) is 11.5. The van der Waals surface area contributed by atoms with E-state index in [1.54, 1.807) is 43.2 Å². The molecule has 0 bridgehead atoms. The van der Waals surface area contributed by atoms with Gasteiger partial charge in [0.25, 0.3) is 0 Å². The van der Waals surface area contributed by atoms with Crippen LogP contribution in [0.25, 0.3) is 44.1 Å². The van der Waals surface area contributed by atoms with Crippen molar-refractivity contribution < 1.29 is 9.59 Å². The summed E-state index contributed by atoms with van der Waals surface area (Å²) in [7, 11) is 0. The van der Waals surface area contributed by atoms with Gasteiger partial charge >= 0.3 is 0 Å². The van der Waals surface area contributed by atoms with Crippen molar-refractivity contribution in [3.63, 3.8) is 0 Å². The molecule has 15 nitrogen and oxygen atoms in total. The number of nitriles is 1. The Morgan fingerprint density at radius 2 is 1.59 bits per heavy atom. The number of nitrogens with two attached hydrogens (primary N) is 2. The van der Waals surface area contributed by atoms with E-state index in [2.05, 4.69) is 57.1 Å². The second-order valence-corrected chi connectivity index (χ2v) is 13.3. The standard InChI is InChI=1S/C20H20N6O.C16H13N7O/c1-11-2-3-22-7-13(11)16-4-12-5-17(24-8-14(12)18(21)25-16)26-19(27)15-6-20(15)9-23-10-20;17-4-9-1-11(9)16(24)23-14-3-8-2-13(10-5-20-21-6-10)22-15(18)12(8)7-19-14/h2-5,7-8,15,23H,6,9-10H2,1H3,(H2,21,25)(H,24,26,27);2-3,5-7,9,11H,1H2,(H2,18,22)(H,20,21)(H,19,23,24)/t;9-,11+/m.0/s1. The van der Waals surface area contributed by atoms with Crippen LogP contribution in [-0.4, -0.2) is 60.0 Å². The highest BCUT2D eigenvalue weighted by Crippen LogP contribution is 2.55. The van der Waals surface area contributed by atoms with Crippen molar-refractivity contribution >= 4 is 56.6 Å². The van der Waals surface area contributed by atoms with Gasteiger partial charge in [-0.25, -0.2) is 19.9 Å². The second kappa shape index (κ2) is 12.4. The van der Waals surface area contributed by atoms with E-state index in [-0.39, 0.29) is 35.0 Å². The van der Waals surface area contributed by atoms with Crippen molar-refractivity contribution in [3.8, 4) is 28.6 Å². The number of aromatic amines is 1. The lowest BCUT2D eigenvalue weighted by molar-refractivity contribution is -0.118. The van der Waals surface area contributed by atoms with Crippen LogP contribution in [0.5, 0.6) is 0 Å². The Labute approximate surface area is 291 Å². The van der Waals surface area contributed by atoms with Crippen LogP contribution in [0.1, 0.15) is 18.4 Å². The predicted molar refractivity (Wildman–Crippen MR) is 191 cm³/mol. The Morgan fingerprint density at radius 1 is 0.922 bits per heavy atom. The molecule has 1 saturated heterocycles. The lowest BCUT2D eigenvalue weighted by Crippen LogP contribution is -2.46. The number of nitrogen functional groups attached to an aromatic ring is 2. The molecular weight excluding hydrogens is 646 g/mol. The number of nitrogens with one attached hydrogen (secondary N) is 4. The van der Waals surface area contributed by atoms with E-state index < -0.39 is 0 Å². The smallest absolute Gasteiger partial charge is 0.230 e. The SMILES string of the molecule is Cc1ccncc1-c1cc2cc(NC(=O)C3CC34CNC4)ncc2c(N)n1.N#C[C@@H]1C[C@H]1C(=O)Nc1cc2cc(-c3cn[nH]c3)nc(N)c2cn1. The van der Waals surface area contributed by atoms with E-state index in [9.17, 15) is 9.59 Å². The van der Waals surface area contributed by atoms with E-state index in [1.807, 2.05) is 31.2 Å². The highest BCUT2D eigenvalue weighted by molar-refractivity contribution is 6.00. The Hall–Kier alpha value is -6.53. The van der Waals surface area contributed by atoms with Gasteiger partial charge in [0.2, 0.25) is 11.8 Å². The largest absolute Gasteiger partial charge is 0.383 e. The fourth-order valence-electron chi connectivity index (χ4n) is 6.51. The molecule has 1 spiro atoms. The highest BCUT2D eigenvalue weighted by Gasteiger charge is 2.61. The van der Waals surface area contributed by atoms with Gasteiger partial charge in [-0.05, 0) is 66.4 Å². The molecule has 1 aliphatic heterocycles. The van der Waals surface area contributed by atoms with Crippen molar-refractivity contribution in [2.24, 2.45) is 23.2 Å². The van der Waals surface area contributed by atoms with E-state index in [1.165, 1.54) is 0 Å². The number of nitrogens with zero attached hydrogens (tertiary/aromatic N) is 7. The molecule has 0 aromatic carbocycles. The molecule has 2 amide bonds. The number of anilines is 4. The average molecular weight is 680 g/mol. The average Bonchev–Trinajstić information content (AvgIpc) is 4.01. The molecular formula is C36H33N13O2. The lowest BCUT2D eigenvalue weighted by Gasteiger charge is -2.28. The molecule has 254 valence electrons. The fourth-order valence-corrected chi connectivity index (χ4v) is 6.51. The van der Waals surface area contributed by atoms with Crippen LogP contribution in [0.2, 0.25) is 0 Å². The van der Waals surface area contributed by atoms with Gasteiger partial charge in [0.1, 0.15) is 23.3 Å². The van der Waals surface area contributed by atoms with Gasteiger partial charge in [-0.2, -0.15) is 10.4 Å². The monoisotopic (exact) mass is 679 g/mol. The number of carbonyl (C=O) groups is 2. The maximum absolute atomic E-state index is 12.5. The van der Waals surface area contributed by atoms with Crippen molar-refractivity contribution in [2.45, 2.75) is 19.8 Å². The third-order valence-electron chi connectivity index (χ3n) is 9.86. The minimum Gasteiger partial charge on any atom is -0.383 e. The number of carbonyl (C=O) groups excluding carboxylic acids is 2.